The number of imide groups is 1. The summed E-state index contributed by atoms with van der Waals surface area (Å²) in [6.07, 6.45) is 0. The van der Waals surface area contributed by atoms with Crippen molar-refractivity contribution in [3.63, 3.8) is 0 Å². The number of hydrogen-bond acceptors (Lipinski definition) is 3. The molecule has 0 radical (unpaired) electrons. The van der Waals surface area contributed by atoms with Gasteiger partial charge in [0.15, 0.2) is 0 Å². The lowest BCUT2D eigenvalue weighted by Gasteiger charge is -2.21. The van der Waals surface area contributed by atoms with E-state index in [1.54, 1.807) is 6.92 Å². The summed E-state index contributed by atoms with van der Waals surface area (Å²) >= 11 is 0. The number of nitrogens with one attached hydrogen (secondary N) is 3. The second-order valence-corrected chi connectivity index (χ2v) is 5.79. The monoisotopic (exact) mass is 319 g/mol. The molecule has 1 fully saturated rings. The van der Waals surface area contributed by atoms with Gasteiger partial charge in [-0.2, -0.15) is 0 Å². The minimum Gasteiger partial charge on any atom is -0.382 e. The molecule has 3 rings (SSSR count). The molecular weight excluding hydrogens is 302 g/mol. The van der Waals surface area contributed by atoms with Crippen molar-refractivity contribution < 1.29 is 9.59 Å². The molecule has 120 valence electrons. The molecule has 3 amide bonds. The topological polar surface area (TPSA) is 70.2 Å². The highest BCUT2D eigenvalue weighted by atomic mass is 16.2. The lowest BCUT2D eigenvalue weighted by Crippen LogP contribution is -2.49. The molecule has 0 saturated carbocycles. The summed E-state index contributed by atoms with van der Waals surface area (Å²) in [4.78, 5) is 23.0. The molecule has 2 aromatic carbocycles. The van der Waals surface area contributed by atoms with E-state index in [0.717, 1.165) is 16.8 Å². The van der Waals surface area contributed by atoms with E-state index in [2.05, 4.69) is 27.8 Å². The molecule has 0 aromatic heterocycles. The first-order chi connectivity index (χ1) is 11.5. The molecule has 3 N–H and O–H groups in total. The van der Waals surface area contributed by atoms with Crippen molar-refractivity contribution in [3.05, 3.63) is 65.7 Å². The molecule has 1 saturated heterocycles. The molecule has 0 bridgehead atoms. The minimum atomic E-state index is -0.942. The zero-order chi connectivity index (χ0) is 17.0. The van der Waals surface area contributed by atoms with Gasteiger partial charge in [0.25, 0.3) is 5.91 Å². The lowest BCUT2D eigenvalue weighted by molar-refractivity contribution is -0.122. The van der Waals surface area contributed by atoms with E-state index < -0.39 is 11.6 Å². The molecule has 1 heterocycles. The van der Waals surface area contributed by atoms with Gasteiger partial charge in [0.1, 0.15) is 5.54 Å². The molecule has 24 heavy (non-hydrogen) atoms. The van der Waals surface area contributed by atoms with Crippen LogP contribution in [0.15, 0.2) is 54.6 Å². The van der Waals surface area contributed by atoms with E-state index in [9.17, 15) is 9.59 Å². The number of carbonyl (C=O) groups excluding carboxylic acids is 2. The summed E-state index contributed by atoms with van der Waals surface area (Å²) in [6.45, 7) is 1.99. The maximum Gasteiger partial charge on any atom is 0.322 e. The molecule has 2 aromatic rings. The fourth-order valence-corrected chi connectivity index (χ4v) is 2.32. The van der Waals surface area contributed by atoms with Crippen molar-refractivity contribution in [1.82, 2.24) is 10.6 Å². The Morgan fingerprint density at radius 1 is 0.958 bits per heavy atom. The first kappa shape index (κ1) is 15.6. The van der Waals surface area contributed by atoms with Crippen molar-refractivity contribution in [2.45, 2.75) is 12.5 Å². The number of rotatable bonds is 3. The van der Waals surface area contributed by atoms with Crippen LogP contribution in [0.3, 0.4) is 0 Å². The number of hydrogen-bond donors (Lipinski definition) is 3. The second kappa shape index (κ2) is 6.47. The number of anilines is 1. The normalized spacial score (nSPS) is 19.0. The zero-order valence-electron chi connectivity index (χ0n) is 13.2. The molecule has 1 aliphatic rings. The van der Waals surface area contributed by atoms with Gasteiger partial charge < -0.3 is 10.6 Å². The van der Waals surface area contributed by atoms with Gasteiger partial charge in [-0.1, -0.05) is 30.0 Å². The van der Waals surface area contributed by atoms with E-state index >= 15 is 0 Å². The van der Waals surface area contributed by atoms with Crippen LogP contribution in [0.4, 0.5) is 10.5 Å². The average molecular weight is 319 g/mol. The Kier molecular flexibility index (Phi) is 4.21. The predicted molar refractivity (Wildman–Crippen MR) is 92.4 cm³/mol. The molecular formula is C19H17N3O2. The molecule has 0 spiro atoms. The van der Waals surface area contributed by atoms with Gasteiger partial charge >= 0.3 is 6.03 Å². The summed E-state index contributed by atoms with van der Waals surface area (Å²) in [5.74, 6) is 5.88. The third kappa shape index (κ3) is 3.55. The van der Waals surface area contributed by atoms with Gasteiger partial charge in [-0.15, -0.1) is 0 Å². The van der Waals surface area contributed by atoms with Gasteiger partial charge in [-0.05, 0) is 43.3 Å². The van der Waals surface area contributed by atoms with Crippen molar-refractivity contribution in [3.8, 4) is 11.8 Å². The van der Waals surface area contributed by atoms with Crippen molar-refractivity contribution in [1.29, 1.82) is 0 Å². The molecule has 0 aliphatic carbocycles. The largest absolute Gasteiger partial charge is 0.382 e. The Hall–Kier alpha value is -3.26. The smallest absolute Gasteiger partial charge is 0.322 e. The SMILES string of the molecule is CC1(CNc2ccc(C#Cc3ccccc3)cc2)NC(=O)NC1=O. The Morgan fingerprint density at radius 3 is 2.17 bits per heavy atom. The van der Waals surface area contributed by atoms with Crippen LogP contribution in [-0.4, -0.2) is 24.0 Å². The fraction of sp³-hybridized carbons (Fsp3) is 0.158. The summed E-state index contributed by atoms with van der Waals surface area (Å²) in [5.41, 5.74) is 1.79. The Morgan fingerprint density at radius 2 is 1.58 bits per heavy atom. The van der Waals surface area contributed by atoms with E-state index in [-0.39, 0.29) is 5.91 Å². The fourth-order valence-electron chi connectivity index (χ4n) is 2.32. The molecule has 1 unspecified atom stereocenters. The van der Waals surface area contributed by atoms with Crippen LogP contribution in [0.5, 0.6) is 0 Å². The quantitative estimate of drug-likeness (QED) is 0.599. The molecule has 5 nitrogen and oxygen atoms in total. The summed E-state index contributed by atoms with van der Waals surface area (Å²) < 4.78 is 0. The number of amides is 3. The Bertz CT molecular complexity index is 819. The average Bonchev–Trinajstić information content (AvgIpc) is 2.85. The first-order valence-corrected chi connectivity index (χ1v) is 7.60. The second-order valence-electron chi connectivity index (χ2n) is 5.79. The van der Waals surface area contributed by atoms with Crippen LogP contribution >= 0.6 is 0 Å². The Balaban J connectivity index is 1.62. The standard InChI is InChI=1S/C19H17N3O2/c1-19(17(23)21-18(24)22-19)13-20-16-11-9-15(10-12-16)8-7-14-5-3-2-4-6-14/h2-6,9-12,20H,13H2,1H3,(H2,21,22,23,24). The van der Waals surface area contributed by atoms with Crippen LogP contribution in [0.25, 0.3) is 0 Å². The van der Waals surface area contributed by atoms with E-state index in [4.69, 9.17) is 0 Å². The highest BCUT2D eigenvalue weighted by Crippen LogP contribution is 2.14. The van der Waals surface area contributed by atoms with Crippen molar-refractivity contribution >= 4 is 17.6 Å². The van der Waals surface area contributed by atoms with E-state index in [1.807, 2.05) is 54.6 Å². The van der Waals surface area contributed by atoms with Crippen LogP contribution in [0.1, 0.15) is 18.1 Å². The molecule has 1 atom stereocenters. The van der Waals surface area contributed by atoms with Crippen LogP contribution < -0.4 is 16.0 Å². The molecule has 5 heteroatoms. The number of urea groups is 1. The summed E-state index contributed by atoms with van der Waals surface area (Å²) in [7, 11) is 0. The maximum absolute atomic E-state index is 11.7. The lowest BCUT2D eigenvalue weighted by atomic mass is 10.0. The molecule has 1 aliphatic heterocycles. The summed E-state index contributed by atoms with van der Waals surface area (Å²) in [6, 6.07) is 16.9. The third-order valence-corrected chi connectivity index (χ3v) is 3.77. The van der Waals surface area contributed by atoms with Crippen molar-refractivity contribution in [2.24, 2.45) is 0 Å². The number of benzene rings is 2. The number of carbonyl (C=O) groups is 2. The third-order valence-electron chi connectivity index (χ3n) is 3.77. The minimum absolute atomic E-state index is 0.305. The van der Waals surface area contributed by atoms with Gasteiger partial charge in [0.2, 0.25) is 0 Å². The van der Waals surface area contributed by atoms with Crippen molar-refractivity contribution in [2.75, 3.05) is 11.9 Å². The van der Waals surface area contributed by atoms with E-state index in [0.29, 0.717) is 6.54 Å². The van der Waals surface area contributed by atoms with Gasteiger partial charge in [-0.3, -0.25) is 10.1 Å². The Labute approximate surface area is 140 Å². The van der Waals surface area contributed by atoms with Crippen LogP contribution in [-0.2, 0) is 4.79 Å². The van der Waals surface area contributed by atoms with E-state index in [1.165, 1.54) is 0 Å². The first-order valence-electron chi connectivity index (χ1n) is 7.60. The zero-order valence-corrected chi connectivity index (χ0v) is 13.2. The van der Waals surface area contributed by atoms with Crippen LogP contribution in [0.2, 0.25) is 0 Å². The highest BCUT2D eigenvalue weighted by Gasteiger charge is 2.41. The highest BCUT2D eigenvalue weighted by molar-refractivity contribution is 6.07. The predicted octanol–water partition coefficient (Wildman–Crippen LogP) is 2.10. The van der Waals surface area contributed by atoms with Gasteiger partial charge in [-0.25, -0.2) is 4.79 Å². The summed E-state index contributed by atoms with van der Waals surface area (Å²) in [5, 5.41) is 8.01. The van der Waals surface area contributed by atoms with Gasteiger partial charge in [0.05, 0.1) is 0 Å². The van der Waals surface area contributed by atoms with Gasteiger partial charge in [0, 0.05) is 23.4 Å². The van der Waals surface area contributed by atoms with Crippen LogP contribution in [0, 0.1) is 11.8 Å². The maximum atomic E-state index is 11.7.